The van der Waals surface area contributed by atoms with E-state index in [1.54, 1.807) is 0 Å². The molecule has 1 atom stereocenters. The van der Waals surface area contributed by atoms with Crippen LogP contribution in [0.4, 0.5) is 5.69 Å². The first-order chi connectivity index (χ1) is 10.4. The molecule has 0 fully saturated rings. The highest BCUT2D eigenvalue weighted by Gasteiger charge is 2.20. The van der Waals surface area contributed by atoms with Crippen LogP contribution in [0.15, 0.2) is 59.5 Å². The number of nitrogens with zero attached hydrogens (tertiary/aromatic N) is 1. The van der Waals surface area contributed by atoms with Crippen molar-refractivity contribution in [3.8, 4) is 0 Å². The third-order valence-corrected chi connectivity index (χ3v) is 4.75. The van der Waals surface area contributed by atoms with Gasteiger partial charge in [0.2, 0.25) is 10.0 Å². The van der Waals surface area contributed by atoms with Crippen LogP contribution in [-0.2, 0) is 10.0 Å². The molecule has 0 bridgehead atoms. The Morgan fingerprint density at radius 3 is 2.18 bits per heavy atom. The molecule has 2 aromatic carbocycles. The average Bonchev–Trinajstić information content (AvgIpc) is 2.53. The molecule has 0 aromatic heterocycles. The van der Waals surface area contributed by atoms with E-state index in [4.69, 9.17) is 0 Å². The quantitative estimate of drug-likeness (QED) is 0.654. The highest BCUT2D eigenvalue weighted by atomic mass is 32.2. The highest BCUT2D eigenvalue weighted by Crippen LogP contribution is 2.21. The van der Waals surface area contributed by atoms with Crippen molar-refractivity contribution < 1.29 is 13.3 Å². The maximum atomic E-state index is 12.4. The van der Waals surface area contributed by atoms with Gasteiger partial charge in [0.1, 0.15) is 0 Å². The van der Waals surface area contributed by atoms with E-state index in [2.05, 4.69) is 4.72 Å². The third-order valence-electron chi connectivity index (χ3n) is 3.27. The van der Waals surface area contributed by atoms with E-state index >= 15 is 0 Å². The van der Waals surface area contributed by atoms with E-state index in [9.17, 15) is 18.5 Å². The van der Waals surface area contributed by atoms with E-state index < -0.39 is 14.9 Å². The third kappa shape index (κ3) is 3.69. The fraction of sp³-hybridized carbons (Fsp3) is 0.200. The van der Waals surface area contributed by atoms with Crippen molar-refractivity contribution in [2.75, 3.05) is 0 Å². The summed E-state index contributed by atoms with van der Waals surface area (Å²) in [4.78, 5) is 10.1. The molecular weight excluding hydrogens is 304 g/mol. The number of rotatable bonds is 6. The van der Waals surface area contributed by atoms with Crippen LogP contribution in [0, 0.1) is 10.1 Å². The zero-order valence-electron chi connectivity index (χ0n) is 12.0. The van der Waals surface area contributed by atoms with Gasteiger partial charge in [0.05, 0.1) is 9.82 Å². The molecule has 0 aliphatic carbocycles. The second kappa shape index (κ2) is 6.67. The van der Waals surface area contributed by atoms with Gasteiger partial charge in [-0.05, 0) is 24.1 Å². The molecule has 0 amide bonds. The van der Waals surface area contributed by atoms with Crippen LogP contribution in [0.5, 0.6) is 0 Å². The van der Waals surface area contributed by atoms with Gasteiger partial charge in [-0.3, -0.25) is 10.1 Å². The van der Waals surface area contributed by atoms with Gasteiger partial charge >= 0.3 is 0 Å². The van der Waals surface area contributed by atoms with Crippen molar-refractivity contribution in [2.45, 2.75) is 24.3 Å². The molecular formula is C15H16N2O4S. The van der Waals surface area contributed by atoms with Gasteiger partial charge in [-0.15, -0.1) is 0 Å². The van der Waals surface area contributed by atoms with Crippen LogP contribution in [0.25, 0.3) is 0 Å². The van der Waals surface area contributed by atoms with Gasteiger partial charge in [0, 0.05) is 18.2 Å². The Morgan fingerprint density at radius 2 is 1.68 bits per heavy atom. The number of hydrogen-bond acceptors (Lipinski definition) is 4. The minimum absolute atomic E-state index is 0.00693. The van der Waals surface area contributed by atoms with Gasteiger partial charge in [-0.1, -0.05) is 37.3 Å². The maximum Gasteiger partial charge on any atom is 0.269 e. The number of non-ortho nitro benzene ring substituents is 1. The SMILES string of the molecule is CC[C@H](NS(=O)(=O)c1ccc([N+](=O)[O-])cc1)c1ccccc1. The van der Waals surface area contributed by atoms with Crippen LogP contribution in [0.2, 0.25) is 0 Å². The first-order valence-electron chi connectivity index (χ1n) is 6.76. The van der Waals surface area contributed by atoms with E-state index in [0.717, 1.165) is 5.56 Å². The van der Waals surface area contributed by atoms with Gasteiger partial charge < -0.3 is 0 Å². The highest BCUT2D eigenvalue weighted by molar-refractivity contribution is 7.89. The fourth-order valence-corrected chi connectivity index (χ4v) is 3.38. The lowest BCUT2D eigenvalue weighted by Gasteiger charge is -2.17. The minimum Gasteiger partial charge on any atom is -0.258 e. The number of benzene rings is 2. The Kier molecular flexibility index (Phi) is 4.89. The number of nitro groups is 1. The Balaban J connectivity index is 2.24. The van der Waals surface area contributed by atoms with Crippen LogP contribution in [-0.4, -0.2) is 13.3 Å². The summed E-state index contributed by atoms with van der Waals surface area (Å²) in [5.74, 6) is 0. The van der Waals surface area contributed by atoms with Crippen LogP contribution in [0.1, 0.15) is 24.9 Å². The van der Waals surface area contributed by atoms with E-state index in [1.165, 1.54) is 24.3 Å². The normalized spacial score (nSPS) is 12.8. The Labute approximate surface area is 129 Å². The summed E-state index contributed by atoms with van der Waals surface area (Å²) in [6, 6.07) is 13.7. The predicted molar refractivity (Wildman–Crippen MR) is 82.9 cm³/mol. The van der Waals surface area contributed by atoms with Crippen LogP contribution >= 0.6 is 0 Å². The maximum absolute atomic E-state index is 12.4. The molecule has 7 heteroatoms. The van der Waals surface area contributed by atoms with Crippen molar-refractivity contribution in [1.29, 1.82) is 0 Å². The number of nitrogens with one attached hydrogen (secondary N) is 1. The molecule has 0 saturated heterocycles. The van der Waals surface area contributed by atoms with Crippen molar-refractivity contribution >= 4 is 15.7 Å². The van der Waals surface area contributed by atoms with E-state index in [1.807, 2.05) is 37.3 Å². The van der Waals surface area contributed by atoms with Crippen LogP contribution in [0.3, 0.4) is 0 Å². The van der Waals surface area contributed by atoms with Crippen molar-refractivity contribution in [2.24, 2.45) is 0 Å². The molecule has 6 nitrogen and oxygen atoms in total. The molecule has 1 N–H and O–H groups in total. The summed E-state index contributed by atoms with van der Waals surface area (Å²) in [6.07, 6.45) is 0.593. The largest absolute Gasteiger partial charge is 0.269 e. The lowest BCUT2D eigenvalue weighted by molar-refractivity contribution is -0.384. The topological polar surface area (TPSA) is 89.3 Å². The zero-order valence-corrected chi connectivity index (χ0v) is 12.8. The van der Waals surface area contributed by atoms with Gasteiger partial charge in [0.25, 0.3) is 5.69 Å². The van der Waals surface area contributed by atoms with Gasteiger partial charge in [-0.2, -0.15) is 0 Å². The summed E-state index contributed by atoms with van der Waals surface area (Å²) in [6.45, 7) is 1.88. The number of sulfonamides is 1. The fourth-order valence-electron chi connectivity index (χ4n) is 2.07. The van der Waals surface area contributed by atoms with Crippen molar-refractivity contribution in [3.63, 3.8) is 0 Å². The van der Waals surface area contributed by atoms with Gasteiger partial charge in [-0.25, -0.2) is 13.1 Å². The van der Waals surface area contributed by atoms with E-state index in [0.29, 0.717) is 6.42 Å². The molecule has 116 valence electrons. The van der Waals surface area contributed by atoms with Crippen LogP contribution < -0.4 is 4.72 Å². The molecule has 0 spiro atoms. The lowest BCUT2D eigenvalue weighted by atomic mass is 10.1. The Hall–Kier alpha value is -2.25. The lowest BCUT2D eigenvalue weighted by Crippen LogP contribution is -2.28. The monoisotopic (exact) mass is 320 g/mol. The Morgan fingerprint density at radius 1 is 1.09 bits per heavy atom. The summed E-state index contributed by atoms with van der Waals surface area (Å²) >= 11 is 0. The first kappa shape index (κ1) is 16.1. The molecule has 0 aliphatic rings. The molecule has 0 unspecified atom stereocenters. The summed E-state index contributed by atoms with van der Waals surface area (Å²) < 4.78 is 27.4. The molecule has 0 heterocycles. The molecule has 2 rings (SSSR count). The summed E-state index contributed by atoms with van der Waals surface area (Å²) in [5, 5.41) is 10.6. The van der Waals surface area contributed by atoms with Gasteiger partial charge in [0.15, 0.2) is 0 Å². The number of nitro benzene ring substituents is 1. The van der Waals surface area contributed by atoms with Crippen molar-refractivity contribution in [1.82, 2.24) is 4.72 Å². The first-order valence-corrected chi connectivity index (χ1v) is 8.24. The second-order valence-corrected chi connectivity index (χ2v) is 6.46. The van der Waals surface area contributed by atoms with Crippen molar-refractivity contribution in [3.05, 3.63) is 70.3 Å². The summed E-state index contributed by atoms with van der Waals surface area (Å²) in [5.41, 5.74) is 0.726. The minimum atomic E-state index is -3.73. The zero-order chi connectivity index (χ0) is 16.2. The molecule has 22 heavy (non-hydrogen) atoms. The second-order valence-electron chi connectivity index (χ2n) is 4.74. The van der Waals surface area contributed by atoms with E-state index in [-0.39, 0.29) is 16.6 Å². The Bertz CT molecular complexity index is 743. The molecule has 0 radical (unpaired) electrons. The molecule has 2 aromatic rings. The molecule has 0 aliphatic heterocycles. The average molecular weight is 320 g/mol. The smallest absolute Gasteiger partial charge is 0.258 e. The number of hydrogen-bond donors (Lipinski definition) is 1. The predicted octanol–water partition coefficient (Wildman–Crippen LogP) is 3.02. The molecule has 0 saturated carbocycles. The standard InChI is InChI=1S/C15H16N2O4S/c1-2-15(12-6-4-3-5-7-12)16-22(20,21)14-10-8-13(9-11-14)17(18)19/h3-11,15-16H,2H2,1H3/t15-/m0/s1. The summed E-state index contributed by atoms with van der Waals surface area (Å²) in [7, 11) is -3.73.